The van der Waals surface area contributed by atoms with E-state index in [0.29, 0.717) is 23.5 Å². The molecule has 4 nitrogen and oxygen atoms in total. The second-order valence-electron chi connectivity index (χ2n) is 8.51. The fraction of sp³-hybridized carbons (Fsp3) is 0.346. The lowest BCUT2D eigenvalue weighted by molar-refractivity contribution is -0.115. The Morgan fingerprint density at radius 1 is 1.12 bits per heavy atom. The number of amides is 1. The lowest BCUT2D eigenvalue weighted by atomic mass is 10.0. The van der Waals surface area contributed by atoms with Gasteiger partial charge in [0.2, 0.25) is 5.91 Å². The van der Waals surface area contributed by atoms with Gasteiger partial charge < -0.3 is 15.5 Å². The van der Waals surface area contributed by atoms with Crippen molar-refractivity contribution in [2.75, 3.05) is 23.3 Å². The minimum Gasteiger partial charge on any atom is -0.371 e. The van der Waals surface area contributed by atoms with Crippen molar-refractivity contribution < 1.29 is 4.79 Å². The molecule has 6 heteroatoms. The number of hydrogen-bond donors (Lipinski definition) is 2. The number of carbonyl (C=O) groups is 1. The molecule has 1 fully saturated rings. The molecule has 168 valence electrons. The number of rotatable bonds is 8. The van der Waals surface area contributed by atoms with Crippen LogP contribution in [0.1, 0.15) is 30.2 Å². The van der Waals surface area contributed by atoms with Crippen molar-refractivity contribution in [2.24, 2.45) is 0 Å². The van der Waals surface area contributed by atoms with Gasteiger partial charge in [-0.05, 0) is 79.6 Å². The van der Waals surface area contributed by atoms with Gasteiger partial charge in [0.25, 0.3) is 0 Å². The molecule has 1 aliphatic heterocycles. The van der Waals surface area contributed by atoms with E-state index in [1.807, 2.05) is 47.7 Å². The summed E-state index contributed by atoms with van der Waals surface area (Å²) in [6.07, 6.45) is 3.70. The van der Waals surface area contributed by atoms with Crippen LogP contribution in [-0.4, -0.2) is 31.1 Å². The summed E-state index contributed by atoms with van der Waals surface area (Å²) in [5, 5.41) is 9.58. The highest BCUT2D eigenvalue weighted by Crippen LogP contribution is 2.23. The Kier molecular flexibility index (Phi) is 7.85. The average Bonchev–Trinajstić information content (AvgIpc) is 3.28. The molecule has 4 rings (SSSR count). The third kappa shape index (κ3) is 6.58. The van der Waals surface area contributed by atoms with E-state index in [2.05, 4.69) is 52.1 Å². The fourth-order valence-electron chi connectivity index (χ4n) is 4.29. The standard InChI is InChI=1S/C26H30ClN3OS/c1-19(16-25-6-3-15-32-25)28-23-11-13-30(14-12-23)24-9-7-22(8-10-24)29-26(31)18-20-4-2-5-21(27)17-20/h2-10,15,17,19,23,28H,11-14,16,18H2,1H3,(H,29,31)/t19-/m0/s1. The van der Waals surface area contributed by atoms with Gasteiger partial charge in [-0.3, -0.25) is 4.79 Å². The summed E-state index contributed by atoms with van der Waals surface area (Å²) in [4.78, 5) is 16.2. The Hall–Kier alpha value is -2.34. The maximum atomic E-state index is 12.3. The first-order valence-corrected chi connectivity index (χ1v) is 12.5. The molecule has 0 radical (unpaired) electrons. The number of carbonyl (C=O) groups excluding carboxylic acids is 1. The van der Waals surface area contributed by atoms with Gasteiger partial charge in [0.1, 0.15) is 0 Å². The maximum Gasteiger partial charge on any atom is 0.228 e. The van der Waals surface area contributed by atoms with E-state index in [0.717, 1.165) is 43.6 Å². The molecule has 0 spiro atoms. The van der Waals surface area contributed by atoms with E-state index in [4.69, 9.17) is 11.6 Å². The number of nitrogens with one attached hydrogen (secondary N) is 2. The second-order valence-corrected chi connectivity index (χ2v) is 9.98. The van der Waals surface area contributed by atoms with Crippen LogP contribution in [0.25, 0.3) is 0 Å². The Morgan fingerprint density at radius 3 is 2.59 bits per heavy atom. The number of nitrogens with zero attached hydrogens (tertiary/aromatic N) is 1. The largest absolute Gasteiger partial charge is 0.371 e. The minimum absolute atomic E-state index is 0.0384. The first kappa shape index (κ1) is 22.8. The fourth-order valence-corrected chi connectivity index (χ4v) is 5.34. The van der Waals surface area contributed by atoms with Crippen LogP contribution in [0.3, 0.4) is 0 Å². The summed E-state index contributed by atoms with van der Waals surface area (Å²) in [5.41, 5.74) is 2.94. The Bertz CT molecular complexity index is 998. The summed E-state index contributed by atoms with van der Waals surface area (Å²) in [7, 11) is 0. The molecule has 1 aliphatic rings. The molecule has 0 aliphatic carbocycles. The topological polar surface area (TPSA) is 44.4 Å². The highest BCUT2D eigenvalue weighted by Gasteiger charge is 2.21. The van der Waals surface area contributed by atoms with E-state index in [9.17, 15) is 4.79 Å². The van der Waals surface area contributed by atoms with Gasteiger partial charge in [0.05, 0.1) is 6.42 Å². The van der Waals surface area contributed by atoms with Crippen molar-refractivity contribution >= 4 is 40.2 Å². The number of anilines is 2. The van der Waals surface area contributed by atoms with E-state index in [-0.39, 0.29) is 5.91 Å². The van der Waals surface area contributed by atoms with Gasteiger partial charge in [0, 0.05) is 46.4 Å². The summed E-state index contributed by atoms with van der Waals surface area (Å²) in [6, 6.07) is 21.0. The van der Waals surface area contributed by atoms with Crippen molar-refractivity contribution in [3.8, 4) is 0 Å². The first-order valence-electron chi connectivity index (χ1n) is 11.2. The van der Waals surface area contributed by atoms with Crippen LogP contribution in [-0.2, 0) is 17.6 Å². The van der Waals surface area contributed by atoms with Crippen LogP contribution in [0, 0.1) is 0 Å². The van der Waals surface area contributed by atoms with Crippen LogP contribution in [0.4, 0.5) is 11.4 Å². The van der Waals surface area contributed by atoms with Crippen molar-refractivity contribution in [3.05, 3.63) is 81.5 Å². The zero-order chi connectivity index (χ0) is 22.3. The quantitative estimate of drug-likeness (QED) is 0.441. The van der Waals surface area contributed by atoms with Gasteiger partial charge >= 0.3 is 0 Å². The van der Waals surface area contributed by atoms with Gasteiger partial charge in [0.15, 0.2) is 0 Å². The monoisotopic (exact) mass is 467 g/mol. The van der Waals surface area contributed by atoms with Crippen LogP contribution < -0.4 is 15.5 Å². The molecule has 1 saturated heterocycles. The zero-order valence-electron chi connectivity index (χ0n) is 18.4. The van der Waals surface area contributed by atoms with Crippen molar-refractivity contribution in [3.63, 3.8) is 0 Å². The molecule has 0 saturated carbocycles. The molecular weight excluding hydrogens is 438 g/mol. The molecule has 32 heavy (non-hydrogen) atoms. The predicted molar refractivity (Wildman–Crippen MR) is 136 cm³/mol. The smallest absolute Gasteiger partial charge is 0.228 e. The second kappa shape index (κ2) is 11.0. The van der Waals surface area contributed by atoms with Crippen molar-refractivity contribution in [1.29, 1.82) is 0 Å². The Labute approximate surface area is 199 Å². The van der Waals surface area contributed by atoms with E-state index in [1.165, 1.54) is 10.6 Å². The van der Waals surface area contributed by atoms with Crippen LogP contribution in [0.5, 0.6) is 0 Å². The summed E-state index contributed by atoms with van der Waals surface area (Å²) >= 11 is 7.84. The molecule has 1 aromatic heterocycles. The lowest BCUT2D eigenvalue weighted by Gasteiger charge is -2.35. The van der Waals surface area contributed by atoms with Crippen LogP contribution >= 0.6 is 22.9 Å². The third-order valence-electron chi connectivity index (χ3n) is 5.87. The third-order valence-corrected chi connectivity index (χ3v) is 7.01. The molecule has 2 aromatic carbocycles. The number of thiophene rings is 1. The molecule has 0 bridgehead atoms. The average molecular weight is 468 g/mol. The van der Waals surface area contributed by atoms with Crippen molar-refractivity contribution in [2.45, 2.75) is 44.7 Å². The number of hydrogen-bond acceptors (Lipinski definition) is 4. The summed E-state index contributed by atoms with van der Waals surface area (Å²) in [6.45, 7) is 4.37. The molecule has 1 amide bonds. The highest BCUT2D eigenvalue weighted by molar-refractivity contribution is 7.09. The first-order chi connectivity index (χ1) is 15.5. The summed E-state index contributed by atoms with van der Waals surface area (Å²) < 4.78 is 0. The van der Waals surface area contributed by atoms with Crippen LogP contribution in [0.2, 0.25) is 5.02 Å². The molecule has 2 heterocycles. The molecule has 2 N–H and O–H groups in total. The Morgan fingerprint density at radius 2 is 1.91 bits per heavy atom. The SMILES string of the molecule is C[C@@H](Cc1cccs1)NC1CCN(c2ccc(NC(=O)Cc3cccc(Cl)c3)cc2)CC1. The van der Waals surface area contributed by atoms with Crippen LogP contribution in [0.15, 0.2) is 66.0 Å². The van der Waals surface area contributed by atoms with E-state index < -0.39 is 0 Å². The molecule has 0 unspecified atom stereocenters. The van der Waals surface area contributed by atoms with Crippen molar-refractivity contribution in [1.82, 2.24) is 5.32 Å². The minimum atomic E-state index is -0.0384. The highest BCUT2D eigenvalue weighted by atomic mass is 35.5. The van der Waals surface area contributed by atoms with Gasteiger partial charge in [-0.2, -0.15) is 0 Å². The molecular formula is C26H30ClN3OS. The van der Waals surface area contributed by atoms with Gasteiger partial charge in [-0.15, -0.1) is 11.3 Å². The van der Waals surface area contributed by atoms with Gasteiger partial charge in [-0.1, -0.05) is 29.8 Å². The number of piperidine rings is 1. The zero-order valence-corrected chi connectivity index (χ0v) is 20.0. The maximum absolute atomic E-state index is 12.3. The number of benzene rings is 2. The van der Waals surface area contributed by atoms with E-state index in [1.54, 1.807) is 0 Å². The Balaban J connectivity index is 1.22. The molecule has 1 atom stereocenters. The predicted octanol–water partition coefficient (Wildman–Crippen LogP) is 5.77. The van der Waals surface area contributed by atoms with E-state index >= 15 is 0 Å². The lowest BCUT2D eigenvalue weighted by Crippen LogP contribution is -2.46. The molecule has 3 aromatic rings. The van der Waals surface area contributed by atoms with Gasteiger partial charge in [-0.25, -0.2) is 0 Å². The number of halogens is 1. The normalized spacial score (nSPS) is 15.5. The summed E-state index contributed by atoms with van der Waals surface area (Å²) in [5.74, 6) is -0.0384.